The molecule has 0 unspecified atom stereocenters. The topological polar surface area (TPSA) is 23.1 Å². The molecule has 0 atom stereocenters. The third-order valence-corrected chi connectivity index (χ3v) is 16.7. The summed E-state index contributed by atoms with van der Waals surface area (Å²) in [5.74, 6) is 0.0718. The summed E-state index contributed by atoms with van der Waals surface area (Å²) in [4.78, 5) is 0. The first-order valence-corrected chi connectivity index (χ1v) is 16.5. The van der Waals surface area contributed by atoms with Crippen molar-refractivity contribution < 1.29 is 5.11 Å². The van der Waals surface area contributed by atoms with E-state index in [1.165, 1.54) is 34.8 Å². The van der Waals surface area contributed by atoms with Crippen LogP contribution in [0, 0.1) is 0 Å². The molecule has 0 N–H and O–H groups in total. The highest BCUT2D eigenvalue weighted by Crippen LogP contribution is 2.81. The molecule has 0 saturated heterocycles. The minimum Gasteiger partial charge on any atom is -0.872 e. The summed E-state index contributed by atoms with van der Waals surface area (Å²) in [6.07, 6.45) is 32.1. The second-order valence-electron chi connectivity index (χ2n) is 11.4. The molecule has 0 bridgehead atoms. The standard InChI is InChI=1S/C24H44P.C6H6O/c1-5-13-21(14-6-1)25(22-15-7-2-8-16-22,23-17-9-3-10-18-23)24-19-11-4-12-20-24;7-6-4-2-1-3-5-6/h21-24H,1-20H2;1-5,7H/q+1;/p-1. The van der Waals surface area contributed by atoms with Gasteiger partial charge in [0.15, 0.2) is 0 Å². The fourth-order valence-electron chi connectivity index (χ4n) is 8.32. The first-order valence-electron chi connectivity index (χ1n) is 14.4. The van der Waals surface area contributed by atoms with E-state index in [4.69, 9.17) is 0 Å². The Hall–Kier alpha value is -0.550. The monoisotopic (exact) mass is 456 g/mol. The molecule has 0 spiro atoms. The maximum atomic E-state index is 10.3. The predicted octanol–water partition coefficient (Wildman–Crippen LogP) is 9.10. The lowest BCUT2D eigenvalue weighted by Gasteiger charge is -2.53. The maximum Gasteiger partial charge on any atom is 0.0705 e. The van der Waals surface area contributed by atoms with Crippen LogP contribution in [0.3, 0.4) is 0 Å². The van der Waals surface area contributed by atoms with Gasteiger partial charge < -0.3 is 5.11 Å². The summed E-state index contributed by atoms with van der Waals surface area (Å²) in [6, 6.07) is 8.33. The smallest absolute Gasteiger partial charge is 0.0705 e. The summed E-state index contributed by atoms with van der Waals surface area (Å²) in [5, 5.41) is 10.3. The normalized spacial score (nSPS) is 25.1. The fourth-order valence-corrected chi connectivity index (χ4v) is 16.9. The van der Waals surface area contributed by atoms with E-state index in [1.54, 1.807) is 141 Å². The van der Waals surface area contributed by atoms with Crippen molar-refractivity contribution in [2.45, 2.75) is 151 Å². The lowest BCUT2D eigenvalue weighted by molar-refractivity contribution is -0.268. The Morgan fingerprint density at radius 1 is 0.438 bits per heavy atom. The lowest BCUT2D eigenvalue weighted by atomic mass is 9.98. The number of hydrogen-bond donors (Lipinski definition) is 0. The van der Waals surface area contributed by atoms with Gasteiger partial charge in [0.05, 0.1) is 22.6 Å². The summed E-state index contributed by atoms with van der Waals surface area (Å²) >= 11 is 0. The summed E-state index contributed by atoms with van der Waals surface area (Å²) in [5.41, 5.74) is 4.87. The average Bonchev–Trinajstić information content (AvgIpc) is 2.88. The van der Waals surface area contributed by atoms with Crippen LogP contribution in [-0.2, 0) is 0 Å². The van der Waals surface area contributed by atoms with Crippen molar-refractivity contribution in [2.24, 2.45) is 0 Å². The summed E-state index contributed by atoms with van der Waals surface area (Å²) in [6.45, 7) is 0. The van der Waals surface area contributed by atoms with Gasteiger partial charge in [0, 0.05) is 7.26 Å². The molecule has 1 nitrogen and oxygen atoms in total. The van der Waals surface area contributed by atoms with E-state index in [1.807, 2.05) is 6.07 Å². The van der Waals surface area contributed by atoms with Gasteiger partial charge in [-0.1, -0.05) is 56.0 Å². The molecule has 0 radical (unpaired) electrons. The van der Waals surface area contributed by atoms with Gasteiger partial charge in [0.2, 0.25) is 0 Å². The molecule has 4 aliphatic carbocycles. The second kappa shape index (κ2) is 12.8. The third-order valence-electron chi connectivity index (χ3n) is 9.57. The molecule has 180 valence electrons. The molecule has 0 heterocycles. The molecular formula is C30H49OP. The van der Waals surface area contributed by atoms with E-state index >= 15 is 0 Å². The second-order valence-corrected chi connectivity index (χ2v) is 16.1. The molecule has 4 aliphatic rings. The van der Waals surface area contributed by atoms with Gasteiger partial charge >= 0.3 is 0 Å². The molecule has 1 aromatic carbocycles. The molecule has 0 aliphatic heterocycles. The van der Waals surface area contributed by atoms with Crippen molar-refractivity contribution in [3.63, 3.8) is 0 Å². The van der Waals surface area contributed by atoms with Crippen LogP contribution in [0.15, 0.2) is 30.3 Å². The van der Waals surface area contributed by atoms with Crippen molar-refractivity contribution in [3.05, 3.63) is 30.3 Å². The highest BCUT2D eigenvalue weighted by Gasteiger charge is 2.61. The van der Waals surface area contributed by atoms with E-state index in [0.717, 1.165) is 0 Å². The molecule has 5 rings (SSSR count). The van der Waals surface area contributed by atoms with Gasteiger partial charge in [0.1, 0.15) is 0 Å². The van der Waals surface area contributed by atoms with Crippen LogP contribution in [0.5, 0.6) is 5.75 Å². The zero-order chi connectivity index (χ0) is 22.1. The average molecular weight is 457 g/mol. The van der Waals surface area contributed by atoms with Crippen LogP contribution in [-0.4, -0.2) is 22.6 Å². The van der Waals surface area contributed by atoms with E-state index in [-0.39, 0.29) is 5.75 Å². The van der Waals surface area contributed by atoms with Gasteiger partial charge in [-0.2, -0.15) is 0 Å². The highest BCUT2D eigenvalue weighted by atomic mass is 31.2. The predicted molar refractivity (Wildman–Crippen MR) is 140 cm³/mol. The van der Waals surface area contributed by atoms with Crippen molar-refractivity contribution in [1.82, 2.24) is 0 Å². The Bertz CT molecular complexity index is 542. The van der Waals surface area contributed by atoms with Gasteiger partial charge in [-0.3, -0.25) is 0 Å². The van der Waals surface area contributed by atoms with E-state index < -0.39 is 7.26 Å². The van der Waals surface area contributed by atoms with E-state index in [9.17, 15) is 5.11 Å². The Morgan fingerprint density at radius 3 is 0.938 bits per heavy atom. The molecule has 1 aromatic rings. The molecule has 4 saturated carbocycles. The molecular weight excluding hydrogens is 407 g/mol. The largest absolute Gasteiger partial charge is 0.872 e. The Morgan fingerprint density at radius 2 is 0.719 bits per heavy atom. The van der Waals surface area contributed by atoms with Gasteiger partial charge in [-0.25, -0.2) is 0 Å². The number of hydrogen-bond acceptors (Lipinski definition) is 1. The Kier molecular flexibility index (Phi) is 9.82. The summed E-state index contributed by atoms with van der Waals surface area (Å²) in [7, 11) is -0.798. The Balaban J connectivity index is 0.000000300. The summed E-state index contributed by atoms with van der Waals surface area (Å²) < 4.78 is 0. The van der Waals surface area contributed by atoms with Crippen LogP contribution in [0.4, 0.5) is 0 Å². The molecule has 32 heavy (non-hydrogen) atoms. The van der Waals surface area contributed by atoms with Crippen LogP contribution in [0.2, 0.25) is 0 Å². The van der Waals surface area contributed by atoms with Crippen molar-refractivity contribution in [3.8, 4) is 5.75 Å². The molecule has 4 fully saturated rings. The van der Waals surface area contributed by atoms with E-state index in [0.29, 0.717) is 0 Å². The van der Waals surface area contributed by atoms with Crippen molar-refractivity contribution >= 4 is 7.26 Å². The number of benzene rings is 1. The van der Waals surface area contributed by atoms with Gasteiger partial charge in [-0.05, 0) is 103 Å². The molecule has 0 aromatic heterocycles. The van der Waals surface area contributed by atoms with Gasteiger partial charge in [0.25, 0.3) is 0 Å². The third kappa shape index (κ3) is 5.92. The SMILES string of the molecule is C1CCC([P+](C2CCCCC2)(C2CCCCC2)C2CCCCC2)CC1.[O-]c1ccccc1. The molecule has 0 amide bonds. The van der Waals surface area contributed by atoms with Crippen LogP contribution < -0.4 is 5.11 Å². The molecule has 2 heteroatoms. The highest BCUT2D eigenvalue weighted by molar-refractivity contribution is 7.78. The zero-order valence-corrected chi connectivity index (χ0v) is 21.6. The van der Waals surface area contributed by atoms with Crippen LogP contribution in [0.25, 0.3) is 0 Å². The van der Waals surface area contributed by atoms with Crippen molar-refractivity contribution in [2.75, 3.05) is 0 Å². The van der Waals surface area contributed by atoms with Crippen molar-refractivity contribution in [1.29, 1.82) is 0 Å². The minimum absolute atomic E-state index is 0.0718. The lowest BCUT2D eigenvalue weighted by Crippen LogP contribution is -2.42. The zero-order valence-electron chi connectivity index (χ0n) is 20.7. The first kappa shape index (κ1) is 24.6. The van der Waals surface area contributed by atoms with E-state index in [2.05, 4.69) is 0 Å². The quantitative estimate of drug-likeness (QED) is 0.414. The number of rotatable bonds is 4. The Labute approximate surface area is 199 Å². The first-order chi connectivity index (χ1) is 15.8. The van der Waals surface area contributed by atoms with Gasteiger partial charge in [-0.15, -0.1) is 5.75 Å². The number of para-hydroxylation sites is 1. The fraction of sp³-hybridized carbons (Fsp3) is 0.800. The maximum absolute atomic E-state index is 10.3. The van der Waals surface area contributed by atoms with Crippen LogP contribution >= 0.6 is 7.26 Å². The minimum atomic E-state index is -0.798. The van der Waals surface area contributed by atoms with Crippen LogP contribution in [0.1, 0.15) is 128 Å².